The number of nitrogens with two attached hydrogens (primary N) is 1. The van der Waals surface area contributed by atoms with Crippen LogP contribution in [0.5, 0.6) is 0 Å². The lowest BCUT2D eigenvalue weighted by Crippen LogP contribution is -2.46. The molecule has 0 radical (unpaired) electrons. The van der Waals surface area contributed by atoms with Gasteiger partial charge in [0.25, 0.3) is 5.56 Å². The van der Waals surface area contributed by atoms with Crippen LogP contribution in [-0.2, 0) is 17.6 Å². The molecule has 7 nitrogen and oxygen atoms in total. The maximum atomic E-state index is 13.6. The molecule has 1 amide bonds. The zero-order valence-electron chi connectivity index (χ0n) is 35.1. The first-order valence-electron chi connectivity index (χ1n) is 21.4. The van der Waals surface area contributed by atoms with Crippen molar-refractivity contribution in [2.45, 2.75) is 168 Å². The molecule has 1 saturated carbocycles. The van der Waals surface area contributed by atoms with Gasteiger partial charge >= 0.3 is 0 Å². The Balaban J connectivity index is 0.00000157. The number of unbranched alkanes of at least 4 members (excludes halogenated alkanes) is 8. The van der Waals surface area contributed by atoms with Crippen LogP contribution in [-0.4, -0.2) is 40.2 Å². The molecule has 2 unspecified atom stereocenters. The Morgan fingerprint density at radius 2 is 1.65 bits per heavy atom. The predicted octanol–water partition coefficient (Wildman–Crippen LogP) is 11.1. The molecule has 1 aromatic carbocycles. The summed E-state index contributed by atoms with van der Waals surface area (Å²) >= 11 is 1.84. The molecule has 1 aliphatic heterocycles. The molecule has 2 aliphatic rings. The molecule has 1 saturated heterocycles. The highest BCUT2D eigenvalue weighted by Crippen LogP contribution is 2.38. The van der Waals surface area contributed by atoms with E-state index in [9.17, 15) is 9.59 Å². The standard InChI is InChI=1S/C41H64N4O2S.C3H7N.C2H6/c1-6-8-9-11-14-18-30(3)40(32(5)44-48-36-22-23-36)38-21-17-26-45(38)39(46)29-43-31(4)19-15-12-10-13-16-20-34-28-37-35(27-33(34)7-2)24-25-42-41(37)47;1-3(2)4;1-2/h24-25,27-28,30,36,38,40,43-44H,4-23,26,29H2,1-3H3,(H,42,47);1,4H2,2H3;1-2H3/t30-,38?,40?;;/m0../s1. The van der Waals surface area contributed by atoms with Crippen molar-refractivity contribution in [1.82, 2.24) is 19.9 Å². The van der Waals surface area contributed by atoms with Crippen molar-refractivity contribution < 1.29 is 4.79 Å². The molecule has 54 heavy (non-hydrogen) atoms. The number of aryl methyl sites for hydroxylation is 2. The van der Waals surface area contributed by atoms with Gasteiger partial charge in [0.05, 0.1) is 6.54 Å². The summed E-state index contributed by atoms with van der Waals surface area (Å²) in [5.74, 6) is 0.983. The van der Waals surface area contributed by atoms with E-state index in [4.69, 9.17) is 5.73 Å². The fourth-order valence-electron chi connectivity index (χ4n) is 7.56. The van der Waals surface area contributed by atoms with Crippen molar-refractivity contribution in [3.05, 3.63) is 82.7 Å². The highest BCUT2D eigenvalue weighted by molar-refractivity contribution is 7.98. The minimum Gasteiger partial charge on any atom is -0.403 e. The minimum atomic E-state index is -0.00370. The summed E-state index contributed by atoms with van der Waals surface area (Å²) in [6.45, 7) is 25.9. The van der Waals surface area contributed by atoms with Crippen molar-refractivity contribution in [2.75, 3.05) is 13.1 Å². The number of hydrogen-bond acceptors (Lipinski definition) is 6. The Morgan fingerprint density at radius 3 is 2.33 bits per heavy atom. The molecule has 3 atom stereocenters. The number of nitrogens with zero attached hydrogens (tertiary/aromatic N) is 1. The van der Waals surface area contributed by atoms with Crippen LogP contribution >= 0.6 is 11.9 Å². The number of hydrogen-bond donors (Lipinski definition) is 4. The number of aromatic amines is 1. The number of likely N-dealkylation sites (tertiary alicyclic amines) is 1. The van der Waals surface area contributed by atoms with Gasteiger partial charge in [-0.05, 0) is 123 Å². The van der Waals surface area contributed by atoms with E-state index in [0.29, 0.717) is 18.2 Å². The monoisotopic (exact) mass is 764 g/mol. The van der Waals surface area contributed by atoms with Crippen LogP contribution in [0.25, 0.3) is 10.8 Å². The van der Waals surface area contributed by atoms with Crippen LogP contribution in [0.3, 0.4) is 0 Å². The second-order valence-corrected chi connectivity index (χ2v) is 16.5. The molecule has 304 valence electrons. The minimum absolute atomic E-state index is 0.00370. The normalized spacial score (nSPS) is 16.0. The first-order chi connectivity index (χ1) is 26.0. The Labute approximate surface area is 334 Å². The zero-order chi connectivity index (χ0) is 39.9. The average Bonchev–Trinajstić information content (AvgIpc) is 3.87. The van der Waals surface area contributed by atoms with Crippen molar-refractivity contribution in [2.24, 2.45) is 17.6 Å². The lowest BCUT2D eigenvalue weighted by molar-refractivity contribution is -0.131. The third kappa shape index (κ3) is 17.1. The second kappa shape index (κ2) is 26.6. The van der Waals surface area contributed by atoms with Crippen LogP contribution in [0.4, 0.5) is 0 Å². The summed E-state index contributed by atoms with van der Waals surface area (Å²) in [5, 5.41) is 5.92. The maximum absolute atomic E-state index is 13.6. The first-order valence-corrected chi connectivity index (χ1v) is 22.3. The molecular formula is C46H77N5O2S. The number of rotatable bonds is 24. The Hall–Kier alpha value is -3.13. The van der Waals surface area contributed by atoms with Gasteiger partial charge in [0, 0.05) is 46.7 Å². The largest absolute Gasteiger partial charge is 0.403 e. The van der Waals surface area contributed by atoms with Crippen molar-refractivity contribution in [3.8, 4) is 0 Å². The number of nitrogens with one attached hydrogen (secondary N) is 3. The Bertz CT molecular complexity index is 1480. The fraction of sp³-hybridized carbons (Fsp3) is 0.652. The van der Waals surface area contributed by atoms with Crippen LogP contribution in [0, 0.1) is 11.8 Å². The summed E-state index contributed by atoms with van der Waals surface area (Å²) in [7, 11) is 0. The molecule has 2 fully saturated rings. The van der Waals surface area contributed by atoms with Crippen LogP contribution in [0.2, 0.25) is 0 Å². The van der Waals surface area contributed by atoms with Gasteiger partial charge in [0.1, 0.15) is 0 Å². The van der Waals surface area contributed by atoms with Gasteiger partial charge in [-0.25, -0.2) is 0 Å². The van der Waals surface area contributed by atoms with Gasteiger partial charge in [-0.15, -0.1) is 0 Å². The third-order valence-corrected chi connectivity index (χ3v) is 11.8. The molecule has 1 aromatic heterocycles. The van der Waals surface area contributed by atoms with Crippen molar-refractivity contribution in [3.63, 3.8) is 0 Å². The summed E-state index contributed by atoms with van der Waals surface area (Å²) < 4.78 is 3.63. The van der Waals surface area contributed by atoms with Crippen molar-refractivity contribution in [1.29, 1.82) is 0 Å². The average molecular weight is 764 g/mol. The Morgan fingerprint density at radius 1 is 0.981 bits per heavy atom. The zero-order valence-corrected chi connectivity index (χ0v) is 35.9. The van der Waals surface area contributed by atoms with E-state index < -0.39 is 0 Å². The lowest BCUT2D eigenvalue weighted by Gasteiger charge is -2.37. The van der Waals surface area contributed by atoms with Crippen LogP contribution < -0.4 is 21.3 Å². The van der Waals surface area contributed by atoms with Crippen molar-refractivity contribution >= 4 is 28.6 Å². The van der Waals surface area contributed by atoms with Gasteiger partial charge in [-0.1, -0.05) is 112 Å². The number of carbonyl (C=O) groups is 1. The second-order valence-electron chi connectivity index (χ2n) is 15.4. The lowest BCUT2D eigenvalue weighted by atomic mass is 9.81. The third-order valence-electron chi connectivity index (χ3n) is 10.6. The number of aromatic nitrogens is 1. The molecule has 5 N–H and O–H groups in total. The van der Waals surface area contributed by atoms with E-state index in [1.54, 1.807) is 13.1 Å². The van der Waals surface area contributed by atoms with E-state index in [-0.39, 0.29) is 23.4 Å². The number of allylic oxidation sites excluding steroid dienone is 2. The van der Waals surface area contributed by atoms with E-state index in [1.165, 1.54) is 75.3 Å². The quantitative estimate of drug-likeness (QED) is 0.0627. The highest BCUT2D eigenvalue weighted by atomic mass is 32.2. The first kappa shape index (κ1) is 47.0. The summed E-state index contributed by atoms with van der Waals surface area (Å²) in [6, 6.07) is 6.50. The number of carbonyl (C=O) groups excluding carboxylic acids is 1. The fourth-order valence-corrected chi connectivity index (χ4v) is 8.38. The van der Waals surface area contributed by atoms with Gasteiger partial charge in [0.15, 0.2) is 0 Å². The van der Waals surface area contributed by atoms with Gasteiger partial charge in [0.2, 0.25) is 5.91 Å². The number of amides is 1. The molecule has 8 heteroatoms. The molecule has 1 aliphatic carbocycles. The summed E-state index contributed by atoms with van der Waals surface area (Å²) in [4.78, 5) is 30.8. The van der Waals surface area contributed by atoms with Gasteiger partial charge in [-0.3, -0.25) is 9.59 Å². The van der Waals surface area contributed by atoms with Crippen LogP contribution in [0.15, 0.2) is 66.0 Å². The maximum Gasteiger partial charge on any atom is 0.255 e. The predicted molar refractivity (Wildman–Crippen MR) is 236 cm³/mol. The highest BCUT2D eigenvalue weighted by Gasteiger charge is 2.39. The number of H-pyrrole nitrogens is 1. The molecule has 2 heterocycles. The summed E-state index contributed by atoms with van der Waals surface area (Å²) in [6.07, 6.45) is 22.8. The smallest absolute Gasteiger partial charge is 0.255 e. The van der Waals surface area contributed by atoms with E-state index >= 15 is 0 Å². The molecule has 0 bridgehead atoms. The Kier molecular flexibility index (Phi) is 23.2. The van der Waals surface area contributed by atoms with Gasteiger partial charge in [-0.2, -0.15) is 0 Å². The molecule has 0 spiro atoms. The number of fused-ring (bicyclic) bond motifs is 1. The topological polar surface area (TPSA) is 103 Å². The molecule has 4 rings (SSSR count). The molecular weight excluding hydrogens is 687 g/mol. The number of benzene rings is 1. The van der Waals surface area contributed by atoms with Gasteiger partial charge < -0.3 is 25.7 Å². The molecule has 2 aromatic rings. The summed E-state index contributed by atoms with van der Waals surface area (Å²) in [5.41, 5.74) is 10.3. The number of pyridine rings is 1. The van der Waals surface area contributed by atoms with E-state index in [2.05, 4.69) is 72.6 Å². The van der Waals surface area contributed by atoms with E-state index in [1.807, 2.05) is 31.9 Å². The van der Waals surface area contributed by atoms with E-state index in [0.717, 1.165) is 85.3 Å². The SMILES string of the molecule is C=C(C)N.C=C(CCCCCCCc1cc2c(=O)[nH]ccc2cc1CC)NCC(=O)N1CCCC1C(C(=C)NSC1CC1)[C@@H](C)CCCCCCC.CC. The van der Waals surface area contributed by atoms with Crippen LogP contribution in [0.1, 0.15) is 155 Å².